The minimum atomic E-state index is -1.61. The molecule has 2 aromatic rings. The van der Waals surface area contributed by atoms with Crippen molar-refractivity contribution in [2.45, 2.75) is 70.6 Å². The largest absolute Gasteiger partial charge is 0.483 e. The van der Waals surface area contributed by atoms with E-state index in [-0.39, 0.29) is 11.6 Å². The second kappa shape index (κ2) is 11.2. The van der Waals surface area contributed by atoms with Crippen molar-refractivity contribution in [1.82, 2.24) is 0 Å². The van der Waals surface area contributed by atoms with Crippen LogP contribution in [0, 0.1) is 46.8 Å². The SMILES string of the molecule is CCC(N)C1CCC(C2CCC(c3cc(F)c(OCc4cc(F)c(F)c(F)c4)c(F)c3)OC2)CC1. The van der Waals surface area contributed by atoms with Gasteiger partial charge in [0.15, 0.2) is 34.8 Å². The lowest BCUT2D eigenvalue weighted by atomic mass is 9.72. The molecule has 0 bridgehead atoms. The van der Waals surface area contributed by atoms with Crippen molar-refractivity contribution < 1.29 is 31.4 Å². The second-order valence-electron chi connectivity index (χ2n) is 9.88. The fraction of sp³-hybridized carbons (Fsp3) is 0.556. The summed E-state index contributed by atoms with van der Waals surface area (Å²) in [5.41, 5.74) is 6.52. The molecule has 3 unspecified atom stereocenters. The lowest BCUT2D eigenvalue weighted by molar-refractivity contribution is -0.0410. The molecule has 0 amide bonds. The van der Waals surface area contributed by atoms with Gasteiger partial charge in [-0.1, -0.05) is 6.92 Å². The average molecular weight is 498 g/mol. The first-order valence-corrected chi connectivity index (χ1v) is 12.4. The monoisotopic (exact) mass is 497 g/mol. The first-order valence-electron chi connectivity index (χ1n) is 12.4. The molecule has 2 aromatic carbocycles. The van der Waals surface area contributed by atoms with Crippen molar-refractivity contribution in [3.63, 3.8) is 0 Å². The van der Waals surface area contributed by atoms with Crippen molar-refractivity contribution in [3.05, 3.63) is 64.5 Å². The molecule has 1 saturated carbocycles. The zero-order valence-electron chi connectivity index (χ0n) is 19.8. The number of ether oxygens (including phenoxy) is 2. The molecule has 192 valence electrons. The van der Waals surface area contributed by atoms with Gasteiger partial charge in [0.1, 0.15) is 6.61 Å². The van der Waals surface area contributed by atoms with E-state index in [0.29, 0.717) is 36.3 Å². The van der Waals surface area contributed by atoms with E-state index in [2.05, 4.69) is 6.92 Å². The van der Waals surface area contributed by atoms with Crippen LogP contribution in [-0.2, 0) is 11.3 Å². The van der Waals surface area contributed by atoms with Crippen molar-refractivity contribution in [2.24, 2.45) is 23.5 Å². The summed E-state index contributed by atoms with van der Waals surface area (Å²) >= 11 is 0. The zero-order chi connectivity index (χ0) is 25.1. The summed E-state index contributed by atoms with van der Waals surface area (Å²) in [6, 6.07) is 4.07. The molecule has 0 radical (unpaired) electrons. The van der Waals surface area contributed by atoms with E-state index in [4.69, 9.17) is 15.2 Å². The number of rotatable bonds is 7. The van der Waals surface area contributed by atoms with Crippen LogP contribution in [0.2, 0.25) is 0 Å². The summed E-state index contributed by atoms with van der Waals surface area (Å²) in [5, 5.41) is 0. The molecular formula is C27H32F5NO2. The Morgan fingerprint density at radius 2 is 1.46 bits per heavy atom. The average Bonchev–Trinajstić information content (AvgIpc) is 2.86. The summed E-state index contributed by atoms with van der Waals surface area (Å²) < 4.78 is 80.2. The van der Waals surface area contributed by atoms with E-state index in [1.165, 1.54) is 12.1 Å². The highest BCUT2D eigenvalue weighted by molar-refractivity contribution is 5.33. The summed E-state index contributed by atoms with van der Waals surface area (Å²) in [5.74, 6) is -5.29. The van der Waals surface area contributed by atoms with Crippen LogP contribution in [0.15, 0.2) is 24.3 Å². The van der Waals surface area contributed by atoms with Gasteiger partial charge in [-0.3, -0.25) is 0 Å². The molecule has 8 heteroatoms. The van der Waals surface area contributed by atoms with Crippen molar-refractivity contribution in [3.8, 4) is 5.75 Å². The lowest BCUT2D eigenvalue weighted by Crippen LogP contribution is -2.35. The Balaban J connectivity index is 1.33. The molecule has 4 rings (SSSR count). The second-order valence-corrected chi connectivity index (χ2v) is 9.88. The maximum atomic E-state index is 14.7. The third-order valence-electron chi connectivity index (χ3n) is 7.69. The molecule has 35 heavy (non-hydrogen) atoms. The summed E-state index contributed by atoms with van der Waals surface area (Å²) in [4.78, 5) is 0. The fourth-order valence-electron chi connectivity index (χ4n) is 5.53. The molecule has 1 saturated heterocycles. The Hall–Kier alpha value is -2.19. The molecule has 1 aliphatic heterocycles. The van der Waals surface area contributed by atoms with Gasteiger partial charge in [-0.25, -0.2) is 22.0 Å². The first-order chi connectivity index (χ1) is 16.8. The van der Waals surface area contributed by atoms with Gasteiger partial charge in [0, 0.05) is 6.04 Å². The maximum absolute atomic E-state index is 14.7. The number of hydrogen-bond donors (Lipinski definition) is 1. The first kappa shape index (κ1) is 25.9. The predicted molar refractivity (Wildman–Crippen MR) is 122 cm³/mol. The standard InChI is InChI=1S/C27H32F5NO2/c1-2-24(33)17-5-3-16(4-6-17)18-7-8-25(34-14-18)19-11-22(30)27(23(31)12-19)35-13-15-9-20(28)26(32)21(29)10-15/h9-12,16-18,24-25H,2-8,13-14,33H2,1H3. The lowest BCUT2D eigenvalue weighted by Gasteiger charge is -2.39. The Morgan fingerprint density at radius 3 is 2.00 bits per heavy atom. The van der Waals surface area contributed by atoms with Crippen LogP contribution in [0.1, 0.15) is 69.1 Å². The van der Waals surface area contributed by atoms with E-state index in [1.807, 2.05) is 0 Å². The van der Waals surface area contributed by atoms with E-state index in [9.17, 15) is 22.0 Å². The fourth-order valence-corrected chi connectivity index (χ4v) is 5.53. The van der Waals surface area contributed by atoms with E-state index in [1.54, 1.807) is 0 Å². The number of benzene rings is 2. The smallest absolute Gasteiger partial charge is 0.194 e. The van der Waals surface area contributed by atoms with Crippen LogP contribution >= 0.6 is 0 Å². The highest BCUT2D eigenvalue weighted by atomic mass is 19.2. The summed E-state index contributed by atoms with van der Waals surface area (Å²) in [7, 11) is 0. The van der Waals surface area contributed by atoms with Crippen LogP contribution in [0.3, 0.4) is 0 Å². The van der Waals surface area contributed by atoms with Gasteiger partial charge < -0.3 is 15.2 Å². The van der Waals surface area contributed by atoms with Crippen LogP contribution in [0.5, 0.6) is 5.75 Å². The minimum Gasteiger partial charge on any atom is -0.483 e. The number of halogens is 5. The van der Waals surface area contributed by atoms with Crippen molar-refractivity contribution in [2.75, 3.05) is 6.61 Å². The molecule has 2 aliphatic rings. The van der Waals surface area contributed by atoms with Crippen molar-refractivity contribution >= 4 is 0 Å². The normalized spacial score (nSPS) is 25.9. The van der Waals surface area contributed by atoms with Gasteiger partial charge in [0.2, 0.25) is 0 Å². The maximum Gasteiger partial charge on any atom is 0.194 e. The van der Waals surface area contributed by atoms with Crippen molar-refractivity contribution in [1.29, 1.82) is 0 Å². The molecule has 1 heterocycles. The molecule has 0 spiro atoms. The zero-order valence-corrected chi connectivity index (χ0v) is 19.8. The van der Waals surface area contributed by atoms with Gasteiger partial charge in [-0.2, -0.15) is 0 Å². The predicted octanol–water partition coefficient (Wildman–Crippen LogP) is 6.97. The highest BCUT2D eigenvalue weighted by Crippen LogP contribution is 2.42. The Bertz CT molecular complexity index is 971. The molecule has 3 nitrogen and oxygen atoms in total. The van der Waals surface area contributed by atoms with Crippen LogP contribution in [0.25, 0.3) is 0 Å². The van der Waals surface area contributed by atoms with Gasteiger partial charge in [-0.05, 0) is 98.1 Å². The Morgan fingerprint density at radius 1 is 0.857 bits per heavy atom. The third kappa shape index (κ3) is 5.97. The van der Waals surface area contributed by atoms with Crippen LogP contribution in [-0.4, -0.2) is 12.6 Å². The summed E-state index contributed by atoms with van der Waals surface area (Å²) in [6.07, 6.45) is 6.79. The molecular weight excluding hydrogens is 465 g/mol. The van der Waals surface area contributed by atoms with Crippen LogP contribution < -0.4 is 10.5 Å². The summed E-state index contributed by atoms with van der Waals surface area (Å²) in [6.45, 7) is 2.17. The minimum absolute atomic E-state index is 0.0864. The Labute approximate surface area is 202 Å². The van der Waals surface area contributed by atoms with Gasteiger partial charge >= 0.3 is 0 Å². The number of hydrogen-bond acceptors (Lipinski definition) is 3. The quantitative estimate of drug-likeness (QED) is 0.332. The van der Waals surface area contributed by atoms with Gasteiger partial charge in [0.25, 0.3) is 0 Å². The van der Waals surface area contributed by atoms with Gasteiger partial charge in [-0.15, -0.1) is 0 Å². The molecule has 2 N–H and O–H groups in total. The molecule has 0 aromatic heterocycles. The molecule has 1 aliphatic carbocycles. The van der Waals surface area contributed by atoms with E-state index < -0.39 is 47.5 Å². The van der Waals surface area contributed by atoms with E-state index in [0.717, 1.165) is 50.7 Å². The molecule has 2 fully saturated rings. The van der Waals surface area contributed by atoms with Gasteiger partial charge in [0.05, 0.1) is 12.7 Å². The highest BCUT2D eigenvalue weighted by Gasteiger charge is 2.33. The van der Waals surface area contributed by atoms with Crippen LogP contribution in [0.4, 0.5) is 22.0 Å². The third-order valence-corrected chi connectivity index (χ3v) is 7.69. The van der Waals surface area contributed by atoms with E-state index >= 15 is 0 Å². The Kier molecular flexibility index (Phi) is 8.32. The topological polar surface area (TPSA) is 44.5 Å². The number of nitrogens with two attached hydrogens (primary N) is 1. The molecule has 3 atom stereocenters.